The first-order chi connectivity index (χ1) is 15.0. The summed E-state index contributed by atoms with van der Waals surface area (Å²) < 4.78 is 1.52. The lowest BCUT2D eigenvalue weighted by molar-refractivity contribution is -0.384. The average Bonchev–Trinajstić information content (AvgIpc) is 3.24. The topological polar surface area (TPSA) is 103 Å². The fraction of sp³-hybridized carbons (Fsp3) is 0.0455. The lowest BCUT2D eigenvalue weighted by Gasteiger charge is -2.08. The van der Waals surface area contributed by atoms with E-state index in [1.54, 1.807) is 54.9 Å². The average molecular weight is 434 g/mol. The highest BCUT2D eigenvalue weighted by atomic mass is 35.5. The highest BCUT2D eigenvalue weighted by molar-refractivity contribution is 6.30. The third kappa shape index (κ3) is 4.59. The van der Waals surface area contributed by atoms with Crippen LogP contribution in [0.25, 0.3) is 16.9 Å². The van der Waals surface area contributed by atoms with E-state index in [2.05, 4.69) is 15.4 Å². The number of hydrogen-bond acceptors (Lipinski definition) is 5. The number of nitrogens with one attached hydrogen (secondary N) is 1. The van der Waals surface area contributed by atoms with Crippen molar-refractivity contribution in [1.29, 1.82) is 0 Å². The van der Waals surface area contributed by atoms with E-state index in [-0.39, 0.29) is 11.6 Å². The van der Waals surface area contributed by atoms with Crippen molar-refractivity contribution in [3.63, 3.8) is 0 Å². The number of rotatable bonds is 6. The molecule has 0 bridgehead atoms. The molecule has 0 saturated carbocycles. The van der Waals surface area contributed by atoms with Crippen molar-refractivity contribution in [1.82, 2.24) is 20.1 Å². The summed E-state index contributed by atoms with van der Waals surface area (Å²) in [6.07, 6.45) is 3.32. The van der Waals surface area contributed by atoms with E-state index in [9.17, 15) is 14.9 Å². The molecule has 0 saturated heterocycles. The van der Waals surface area contributed by atoms with E-state index >= 15 is 0 Å². The second-order valence-corrected chi connectivity index (χ2v) is 7.08. The zero-order chi connectivity index (χ0) is 21.8. The van der Waals surface area contributed by atoms with E-state index in [0.29, 0.717) is 34.2 Å². The number of benzene rings is 2. The van der Waals surface area contributed by atoms with Gasteiger partial charge in [-0.05, 0) is 60.2 Å². The van der Waals surface area contributed by atoms with Crippen LogP contribution in [0, 0.1) is 10.1 Å². The van der Waals surface area contributed by atoms with Gasteiger partial charge < -0.3 is 5.32 Å². The van der Waals surface area contributed by atoms with Crippen molar-refractivity contribution in [2.24, 2.45) is 0 Å². The van der Waals surface area contributed by atoms with Crippen molar-refractivity contribution < 1.29 is 9.72 Å². The number of carbonyl (C=O) groups excluding carboxylic acids is 1. The summed E-state index contributed by atoms with van der Waals surface area (Å²) in [5.41, 5.74) is 3.05. The zero-order valence-electron chi connectivity index (χ0n) is 16.1. The highest BCUT2D eigenvalue weighted by Gasteiger charge is 2.18. The molecule has 0 aliphatic heterocycles. The van der Waals surface area contributed by atoms with Crippen molar-refractivity contribution in [3.05, 3.63) is 106 Å². The Labute approximate surface area is 182 Å². The summed E-state index contributed by atoms with van der Waals surface area (Å²) in [5.74, 6) is -0.313. The van der Waals surface area contributed by atoms with Gasteiger partial charge in [0.15, 0.2) is 0 Å². The second kappa shape index (κ2) is 8.76. The Morgan fingerprint density at radius 2 is 1.71 bits per heavy atom. The zero-order valence-corrected chi connectivity index (χ0v) is 16.9. The maximum Gasteiger partial charge on any atom is 0.270 e. The Morgan fingerprint density at radius 3 is 2.35 bits per heavy atom. The second-order valence-electron chi connectivity index (χ2n) is 6.65. The van der Waals surface area contributed by atoms with Crippen LogP contribution in [0.5, 0.6) is 0 Å². The van der Waals surface area contributed by atoms with E-state index in [0.717, 1.165) is 5.56 Å². The molecule has 8 nitrogen and oxygen atoms in total. The predicted molar refractivity (Wildman–Crippen MR) is 116 cm³/mol. The molecule has 154 valence electrons. The number of nitrogens with zero attached hydrogens (tertiary/aromatic N) is 4. The molecular weight excluding hydrogens is 418 g/mol. The Bertz CT molecular complexity index is 1220. The van der Waals surface area contributed by atoms with Gasteiger partial charge in [0.1, 0.15) is 5.69 Å². The van der Waals surface area contributed by atoms with Gasteiger partial charge in [0.05, 0.1) is 16.3 Å². The van der Waals surface area contributed by atoms with Gasteiger partial charge in [0.25, 0.3) is 11.6 Å². The van der Waals surface area contributed by atoms with Crippen LogP contribution < -0.4 is 5.32 Å². The van der Waals surface area contributed by atoms with Gasteiger partial charge in [-0.15, -0.1) is 0 Å². The van der Waals surface area contributed by atoms with Gasteiger partial charge in [-0.3, -0.25) is 19.9 Å². The number of nitro benzene ring substituents is 1. The molecule has 2 heterocycles. The Morgan fingerprint density at radius 1 is 1.03 bits per heavy atom. The summed E-state index contributed by atoms with van der Waals surface area (Å²) in [7, 11) is 0. The first-order valence-electron chi connectivity index (χ1n) is 9.29. The molecule has 0 aliphatic carbocycles. The fourth-order valence-electron chi connectivity index (χ4n) is 2.99. The number of hydrogen-bond donors (Lipinski definition) is 1. The van der Waals surface area contributed by atoms with E-state index < -0.39 is 4.92 Å². The lowest BCUT2D eigenvalue weighted by atomic mass is 10.1. The van der Waals surface area contributed by atoms with Crippen LogP contribution >= 0.6 is 11.6 Å². The predicted octanol–water partition coefficient (Wildman–Crippen LogP) is 4.43. The van der Waals surface area contributed by atoms with Gasteiger partial charge in [-0.1, -0.05) is 11.6 Å². The Balaban J connectivity index is 1.68. The maximum atomic E-state index is 13.0. The quantitative estimate of drug-likeness (QED) is 0.358. The Hall–Kier alpha value is -4.04. The number of carbonyl (C=O) groups is 1. The van der Waals surface area contributed by atoms with Crippen molar-refractivity contribution >= 4 is 23.2 Å². The molecule has 2 aromatic carbocycles. The smallest absolute Gasteiger partial charge is 0.270 e. The minimum absolute atomic E-state index is 0.0174. The van der Waals surface area contributed by atoms with Crippen LogP contribution in [-0.2, 0) is 6.54 Å². The minimum Gasteiger partial charge on any atom is -0.347 e. The first-order valence-corrected chi connectivity index (χ1v) is 9.67. The summed E-state index contributed by atoms with van der Waals surface area (Å²) in [6, 6.07) is 18.2. The van der Waals surface area contributed by atoms with Gasteiger partial charge in [-0.2, -0.15) is 5.10 Å². The van der Waals surface area contributed by atoms with Crippen LogP contribution in [0.2, 0.25) is 5.02 Å². The first kappa shape index (κ1) is 20.2. The highest BCUT2D eigenvalue weighted by Crippen LogP contribution is 2.24. The molecule has 1 amide bonds. The van der Waals surface area contributed by atoms with E-state index in [1.807, 2.05) is 12.1 Å². The standard InChI is InChI=1S/C22H16ClN5O3/c23-17-3-7-18(8-4-17)27-21(22(29)25-14-15-9-11-24-12-10-15)13-20(26-27)16-1-5-19(6-2-16)28(30)31/h1-13H,14H2,(H,25,29). The largest absolute Gasteiger partial charge is 0.347 e. The van der Waals surface area contributed by atoms with Gasteiger partial charge >= 0.3 is 0 Å². The van der Waals surface area contributed by atoms with E-state index in [1.165, 1.54) is 16.8 Å². The lowest BCUT2D eigenvalue weighted by Crippen LogP contribution is -2.25. The molecule has 1 N–H and O–H groups in total. The van der Waals surface area contributed by atoms with Gasteiger partial charge in [-0.25, -0.2) is 4.68 Å². The molecule has 2 aromatic heterocycles. The van der Waals surface area contributed by atoms with Gasteiger partial charge in [0.2, 0.25) is 0 Å². The summed E-state index contributed by atoms with van der Waals surface area (Å²) in [4.78, 5) is 27.4. The molecule has 4 rings (SSSR count). The van der Waals surface area contributed by atoms with E-state index in [4.69, 9.17) is 11.6 Å². The number of aromatic nitrogens is 3. The molecule has 0 spiro atoms. The molecular formula is C22H16ClN5O3. The minimum atomic E-state index is -0.464. The van der Waals surface area contributed by atoms with Crippen LogP contribution in [0.15, 0.2) is 79.1 Å². The van der Waals surface area contributed by atoms with Crippen LogP contribution in [0.1, 0.15) is 16.1 Å². The van der Waals surface area contributed by atoms with Crippen LogP contribution in [-0.4, -0.2) is 25.6 Å². The normalized spacial score (nSPS) is 10.6. The molecule has 0 radical (unpaired) electrons. The van der Waals surface area contributed by atoms with Crippen LogP contribution in [0.4, 0.5) is 5.69 Å². The molecule has 0 unspecified atom stereocenters. The maximum absolute atomic E-state index is 13.0. The summed E-state index contributed by atoms with van der Waals surface area (Å²) >= 11 is 5.99. The summed E-state index contributed by atoms with van der Waals surface area (Å²) in [6.45, 7) is 0.333. The molecule has 0 aliphatic rings. The van der Waals surface area contributed by atoms with Crippen molar-refractivity contribution in [2.75, 3.05) is 0 Å². The van der Waals surface area contributed by atoms with Crippen LogP contribution in [0.3, 0.4) is 0 Å². The number of halogens is 1. The number of amides is 1. The molecule has 9 heteroatoms. The monoisotopic (exact) mass is 433 g/mol. The fourth-order valence-corrected chi connectivity index (χ4v) is 3.12. The third-order valence-corrected chi connectivity index (χ3v) is 4.84. The number of pyridine rings is 1. The third-order valence-electron chi connectivity index (χ3n) is 4.59. The molecule has 4 aromatic rings. The molecule has 31 heavy (non-hydrogen) atoms. The van der Waals surface area contributed by atoms with Crippen molar-refractivity contribution in [3.8, 4) is 16.9 Å². The van der Waals surface area contributed by atoms with Crippen molar-refractivity contribution in [2.45, 2.75) is 6.54 Å². The SMILES string of the molecule is O=C(NCc1ccncc1)c1cc(-c2ccc([N+](=O)[O-])cc2)nn1-c1ccc(Cl)cc1. The molecule has 0 fully saturated rings. The number of nitro groups is 1. The summed E-state index contributed by atoms with van der Waals surface area (Å²) in [5, 5.41) is 18.9. The number of non-ortho nitro benzene ring substituents is 1. The van der Waals surface area contributed by atoms with Gasteiger partial charge in [0, 0.05) is 41.7 Å². The Kier molecular flexibility index (Phi) is 5.72. The molecule has 0 atom stereocenters.